The van der Waals surface area contributed by atoms with Crippen LogP contribution in [0.2, 0.25) is 0 Å². The molecule has 0 heterocycles. The predicted octanol–water partition coefficient (Wildman–Crippen LogP) is 3.46. The van der Waals surface area contributed by atoms with Gasteiger partial charge in [0.1, 0.15) is 6.61 Å². The van der Waals surface area contributed by atoms with E-state index >= 15 is 0 Å². The van der Waals surface area contributed by atoms with Crippen LogP contribution in [0.3, 0.4) is 0 Å². The molecule has 0 amide bonds. The van der Waals surface area contributed by atoms with Crippen LogP contribution in [0.4, 0.5) is 8.78 Å². The topological polar surface area (TPSA) is 21.3 Å². The van der Waals surface area contributed by atoms with E-state index in [1.807, 2.05) is 0 Å². The smallest absolute Gasteiger partial charge is 0.261 e. The summed E-state index contributed by atoms with van der Waals surface area (Å²) in [6.07, 6.45) is 0.632. The van der Waals surface area contributed by atoms with Crippen molar-refractivity contribution in [1.82, 2.24) is 5.32 Å². The highest BCUT2D eigenvalue weighted by Crippen LogP contribution is 2.22. The Bertz CT molecular complexity index is 181. The van der Waals surface area contributed by atoms with Crippen LogP contribution in [0.25, 0.3) is 0 Å². The molecule has 2 nitrogen and oxygen atoms in total. The molecule has 0 saturated carbocycles. The van der Waals surface area contributed by atoms with E-state index in [-0.39, 0.29) is 0 Å². The van der Waals surface area contributed by atoms with Gasteiger partial charge < -0.3 is 10.1 Å². The summed E-state index contributed by atoms with van der Waals surface area (Å²) in [6, 6.07) is 0.372. The molecule has 0 spiro atoms. The van der Waals surface area contributed by atoms with Crippen molar-refractivity contribution in [3.05, 3.63) is 0 Å². The van der Waals surface area contributed by atoms with Crippen molar-refractivity contribution in [2.45, 2.75) is 59.4 Å². The lowest BCUT2D eigenvalue weighted by Gasteiger charge is -2.23. The fraction of sp³-hybridized carbons (Fsp3) is 1.00. The minimum absolute atomic E-state index is 0.317. The number of rotatable bonds is 9. The first-order valence-electron chi connectivity index (χ1n) is 6.44. The third kappa shape index (κ3) is 12.0. The zero-order valence-corrected chi connectivity index (χ0v) is 11.6. The Balaban J connectivity index is 3.74. The number of alkyl halides is 2. The Labute approximate surface area is 104 Å². The highest BCUT2D eigenvalue weighted by atomic mass is 19.3. The molecule has 0 bridgehead atoms. The van der Waals surface area contributed by atoms with Gasteiger partial charge in [0.05, 0.1) is 0 Å². The van der Waals surface area contributed by atoms with E-state index in [1.54, 1.807) is 0 Å². The lowest BCUT2D eigenvalue weighted by molar-refractivity contribution is 0.0140. The largest absolute Gasteiger partial charge is 0.375 e. The Hall–Kier alpha value is -0.220. The summed E-state index contributed by atoms with van der Waals surface area (Å²) < 4.78 is 28.7. The second-order valence-corrected chi connectivity index (χ2v) is 5.61. The SMILES string of the molecule is CCNC(CCOCC(F)F)CCC(C)(C)C. The van der Waals surface area contributed by atoms with Crippen LogP contribution in [0, 0.1) is 5.41 Å². The molecule has 1 atom stereocenters. The summed E-state index contributed by atoms with van der Waals surface area (Å²) in [5, 5.41) is 3.38. The maximum atomic E-state index is 11.9. The zero-order chi connectivity index (χ0) is 13.3. The molecular weight excluding hydrogens is 224 g/mol. The Morgan fingerprint density at radius 3 is 2.29 bits per heavy atom. The quantitative estimate of drug-likeness (QED) is 0.634. The second kappa shape index (κ2) is 8.81. The number of ether oxygens (including phenoxy) is 1. The van der Waals surface area contributed by atoms with Gasteiger partial charge in [-0.15, -0.1) is 0 Å². The van der Waals surface area contributed by atoms with E-state index in [4.69, 9.17) is 4.74 Å². The lowest BCUT2D eigenvalue weighted by Crippen LogP contribution is -2.31. The maximum Gasteiger partial charge on any atom is 0.261 e. The summed E-state index contributed by atoms with van der Waals surface area (Å²) in [5.74, 6) is 0. The van der Waals surface area contributed by atoms with Crippen LogP contribution in [-0.2, 0) is 4.74 Å². The van der Waals surface area contributed by atoms with Gasteiger partial charge in [-0.3, -0.25) is 0 Å². The normalized spacial score (nSPS) is 14.3. The van der Waals surface area contributed by atoms with Crippen LogP contribution in [0.15, 0.2) is 0 Å². The number of nitrogens with one attached hydrogen (secondary N) is 1. The summed E-state index contributed by atoms with van der Waals surface area (Å²) >= 11 is 0. The molecule has 0 aromatic rings. The van der Waals surface area contributed by atoms with E-state index < -0.39 is 13.0 Å². The fourth-order valence-corrected chi connectivity index (χ4v) is 1.64. The molecule has 0 saturated heterocycles. The Kier molecular flexibility index (Phi) is 8.70. The molecule has 0 aromatic carbocycles. The molecule has 1 unspecified atom stereocenters. The van der Waals surface area contributed by atoms with Crippen LogP contribution >= 0.6 is 0 Å². The Morgan fingerprint density at radius 2 is 1.82 bits per heavy atom. The number of hydrogen-bond donors (Lipinski definition) is 1. The maximum absolute atomic E-state index is 11.9. The average Bonchev–Trinajstić information content (AvgIpc) is 2.19. The summed E-state index contributed by atoms with van der Waals surface area (Å²) in [5.41, 5.74) is 0.317. The zero-order valence-electron chi connectivity index (χ0n) is 11.6. The van der Waals surface area contributed by atoms with Gasteiger partial charge in [-0.05, 0) is 31.2 Å². The van der Waals surface area contributed by atoms with Crippen LogP contribution in [0.5, 0.6) is 0 Å². The molecule has 0 aliphatic rings. The van der Waals surface area contributed by atoms with Gasteiger partial charge in [-0.1, -0.05) is 27.7 Å². The van der Waals surface area contributed by atoms with Gasteiger partial charge in [-0.25, -0.2) is 8.78 Å². The molecule has 1 N–H and O–H groups in total. The average molecular weight is 251 g/mol. The highest BCUT2D eigenvalue weighted by molar-refractivity contribution is 4.71. The number of hydrogen-bond acceptors (Lipinski definition) is 2. The van der Waals surface area contributed by atoms with Gasteiger partial charge in [-0.2, -0.15) is 0 Å². The molecule has 0 radical (unpaired) electrons. The van der Waals surface area contributed by atoms with Gasteiger partial charge in [0.25, 0.3) is 6.43 Å². The molecule has 0 rings (SSSR count). The van der Waals surface area contributed by atoms with Crippen LogP contribution in [-0.4, -0.2) is 32.2 Å². The van der Waals surface area contributed by atoms with E-state index in [2.05, 4.69) is 33.0 Å². The van der Waals surface area contributed by atoms with E-state index in [0.717, 1.165) is 25.8 Å². The Morgan fingerprint density at radius 1 is 1.18 bits per heavy atom. The predicted molar refractivity (Wildman–Crippen MR) is 67.6 cm³/mol. The first-order valence-corrected chi connectivity index (χ1v) is 6.44. The highest BCUT2D eigenvalue weighted by Gasteiger charge is 2.14. The van der Waals surface area contributed by atoms with Crippen molar-refractivity contribution in [3.8, 4) is 0 Å². The summed E-state index contributed by atoms with van der Waals surface area (Å²) in [4.78, 5) is 0. The lowest BCUT2D eigenvalue weighted by atomic mass is 9.88. The van der Waals surface area contributed by atoms with Gasteiger partial charge in [0.2, 0.25) is 0 Å². The molecule has 4 heteroatoms. The van der Waals surface area contributed by atoms with Crippen molar-refractivity contribution >= 4 is 0 Å². The third-order valence-electron chi connectivity index (χ3n) is 2.59. The van der Waals surface area contributed by atoms with Crippen LogP contribution in [0.1, 0.15) is 47.0 Å². The third-order valence-corrected chi connectivity index (χ3v) is 2.59. The molecule has 0 aromatic heterocycles. The number of halogens is 2. The van der Waals surface area contributed by atoms with E-state index in [9.17, 15) is 8.78 Å². The standard InChI is InChI=1S/C13H27F2NO/c1-5-16-11(6-8-13(2,3)4)7-9-17-10-12(14)15/h11-12,16H,5-10H2,1-4H3. The second-order valence-electron chi connectivity index (χ2n) is 5.61. The van der Waals surface area contributed by atoms with Crippen molar-refractivity contribution in [3.63, 3.8) is 0 Å². The molecule has 0 aliphatic carbocycles. The van der Waals surface area contributed by atoms with Gasteiger partial charge in [0.15, 0.2) is 0 Å². The van der Waals surface area contributed by atoms with Gasteiger partial charge >= 0.3 is 0 Å². The van der Waals surface area contributed by atoms with Crippen molar-refractivity contribution in [2.24, 2.45) is 5.41 Å². The monoisotopic (exact) mass is 251 g/mol. The molecule has 17 heavy (non-hydrogen) atoms. The molecule has 0 aliphatic heterocycles. The molecular formula is C13H27F2NO. The van der Waals surface area contributed by atoms with Crippen LogP contribution < -0.4 is 5.32 Å². The fourth-order valence-electron chi connectivity index (χ4n) is 1.64. The summed E-state index contributed by atoms with van der Waals surface area (Å²) in [7, 11) is 0. The van der Waals surface area contributed by atoms with Crippen molar-refractivity contribution < 1.29 is 13.5 Å². The van der Waals surface area contributed by atoms with Gasteiger partial charge in [0, 0.05) is 12.6 Å². The van der Waals surface area contributed by atoms with Crippen molar-refractivity contribution in [2.75, 3.05) is 19.8 Å². The minimum atomic E-state index is -2.36. The first-order chi connectivity index (χ1) is 7.85. The summed E-state index contributed by atoms with van der Waals surface area (Å²) in [6.45, 7) is 9.56. The van der Waals surface area contributed by atoms with Crippen molar-refractivity contribution in [1.29, 1.82) is 0 Å². The molecule has 0 fully saturated rings. The molecule has 104 valence electrons. The first kappa shape index (κ1) is 16.8. The minimum Gasteiger partial charge on any atom is -0.375 e. The van der Waals surface area contributed by atoms with E-state index in [0.29, 0.717) is 18.1 Å². The van der Waals surface area contributed by atoms with E-state index in [1.165, 1.54) is 0 Å².